The Morgan fingerprint density at radius 3 is 3.18 bits per heavy atom. The number of carbonyl (C=O) groups excluding carboxylic acids is 1. The van der Waals surface area contributed by atoms with Crippen LogP contribution >= 0.6 is 0 Å². The molecule has 17 heavy (non-hydrogen) atoms. The highest BCUT2D eigenvalue weighted by Gasteiger charge is 2.36. The summed E-state index contributed by atoms with van der Waals surface area (Å²) in [7, 11) is 1.45. The standard InChI is InChI=1S/C12H19N3O2/c1-3-6-15-11(4-5-14-15)9-7-13-8-10(9)12(16)17-2/h4-5,9-10,13H,3,6-8H2,1-2H3. The number of hydrogen-bond donors (Lipinski definition) is 1. The fourth-order valence-corrected chi connectivity index (χ4v) is 2.45. The number of nitrogens with one attached hydrogen (secondary N) is 1. The van der Waals surface area contributed by atoms with Crippen LogP contribution in [-0.4, -0.2) is 35.9 Å². The van der Waals surface area contributed by atoms with E-state index in [2.05, 4.69) is 17.3 Å². The van der Waals surface area contributed by atoms with Crippen LogP contribution in [0.1, 0.15) is 25.0 Å². The van der Waals surface area contributed by atoms with Crippen molar-refractivity contribution in [1.29, 1.82) is 0 Å². The molecule has 0 bridgehead atoms. The fourth-order valence-electron chi connectivity index (χ4n) is 2.45. The summed E-state index contributed by atoms with van der Waals surface area (Å²) < 4.78 is 6.85. The van der Waals surface area contributed by atoms with Crippen molar-refractivity contribution in [1.82, 2.24) is 15.1 Å². The minimum absolute atomic E-state index is 0.0905. The molecule has 0 saturated carbocycles. The van der Waals surface area contributed by atoms with Gasteiger partial charge in [-0.2, -0.15) is 5.10 Å². The van der Waals surface area contributed by atoms with Gasteiger partial charge in [-0.1, -0.05) is 6.92 Å². The van der Waals surface area contributed by atoms with Gasteiger partial charge in [0.15, 0.2) is 0 Å². The largest absolute Gasteiger partial charge is 0.469 e. The summed E-state index contributed by atoms with van der Waals surface area (Å²) in [6, 6.07) is 2.00. The van der Waals surface area contributed by atoms with Gasteiger partial charge in [0, 0.05) is 37.4 Å². The normalized spacial score (nSPS) is 23.9. The molecule has 2 atom stereocenters. The Hall–Kier alpha value is -1.36. The van der Waals surface area contributed by atoms with Gasteiger partial charge in [-0.05, 0) is 12.5 Å². The maximum Gasteiger partial charge on any atom is 0.310 e. The van der Waals surface area contributed by atoms with Crippen LogP contribution in [0.15, 0.2) is 12.3 Å². The number of nitrogens with zero attached hydrogens (tertiary/aromatic N) is 2. The molecule has 2 heterocycles. The van der Waals surface area contributed by atoms with E-state index in [0.717, 1.165) is 25.2 Å². The molecule has 0 aliphatic carbocycles. The summed E-state index contributed by atoms with van der Waals surface area (Å²) in [4.78, 5) is 11.7. The minimum atomic E-state index is -0.135. The number of esters is 1. The van der Waals surface area contributed by atoms with Crippen LogP contribution in [0, 0.1) is 5.92 Å². The molecule has 0 radical (unpaired) electrons. The van der Waals surface area contributed by atoms with E-state index in [1.54, 1.807) is 6.20 Å². The average molecular weight is 237 g/mol. The summed E-state index contributed by atoms with van der Waals surface area (Å²) in [5, 5.41) is 7.56. The maximum absolute atomic E-state index is 11.7. The molecule has 1 fully saturated rings. The Balaban J connectivity index is 2.20. The van der Waals surface area contributed by atoms with Crippen molar-refractivity contribution in [3.05, 3.63) is 18.0 Å². The van der Waals surface area contributed by atoms with Crippen LogP contribution in [-0.2, 0) is 16.1 Å². The molecule has 1 N–H and O–H groups in total. The van der Waals surface area contributed by atoms with Crippen LogP contribution < -0.4 is 5.32 Å². The highest BCUT2D eigenvalue weighted by molar-refractivity contribution is 5.74. The third kappa shape index (κ3) is 2.34. The Kier molecular flexibility index (Phi) is 3.78. The highest BCUT2D eigenvalue weighted by Crippen LogP contribution is 2.28. The van der Waals surface area contributed by atoms with Crippen LogP contribution in [0.25, 0.3) is 0 Å². The summed E-state index contributed by atoms with van der Waals surface area (Å²) in [5.74, 6) is -0.0481. The maximum atomic E-state index is 11.7. The van der Waals surface area contributed by atoms with Crippen LogP contribution in [0.4, 0.5) is 0 Å². The minimum Gasteiger partial charge on any atom is -0.469 e. The Morgan fingerprint density at radius 1 is 1.65 bits per heavy atom. The fraction of sp³-hybridized carbons (Fsp3) is 0.667. The lowest BCUT2D eigenvalue weighted by Crippen LogP contribution is -2.24. The molecule has 0 spiro atoms. The highest BCUT2D eigenvalue weighted by atomic mass is 16.5. The molecule has 94 valence electrons. The first-order valence-corrected chi connectivity index (χ1v) is 6.08. The van der Waals surface area contributed by atoms with Crippen LogP contribution in [0.3, 0.4) is 0 Å². The van der Waals surface area contributed by atoms with E-state index in [4.69, 9.17) is 4.74 Å². The van der Waals surface area contributed by atoms with Gasteiger partial charge in [0.2, 0.25) is 0 Å². The van der Waals surface area contributed by atoms with Crippen LogP contribution in [0.2, 0.25) is 0 Å². The van der Waals surface area contributed by atoms with E-state index in [9.17, 15) is 4.79 Å². The van der Waals surface area contributed by atoms with Gasteiger partial charge in [-0.25, -0.2) is 0 Å². The molecule has 5 nitrogen and oxygen atoms in total. The van der Waals surface area contributed by atoms with Gasteiger partial charge >= 0.3 is 5.97 Å². The molecule has 1 saturated heterocycles. The summed E-state index contributed by atoms with van der Waals surface area (Å²) in [6.45, 7) is 4.52. The second kappa shape index (κ2) is 5.31. The molecule has 1 aromatic rings. The van der Waals surface area contributed by atoms with Gasteiger partial charge in [0.25, 0.3) is 0 Å². The number of ether oxygens (including phenoxy) is 1. The van der Waals surface area contributed by atoms with Crippen molar-refractivity contribution >= 4 is 5.97 Å². The summed E-state index contributed by atoms with van der Waals surface area (Å²) >= 11 is 0. The number of rotatable bonds is 4. The lowest BCUT2D eigenvalue weighted by molar-refractivity contribution is -0.145. The molecular weight excluding hydrogens is 218 g/mol. The molecule has 5 heteroatoms. The van der Waals surface area contributed by atoms with Crippen molar-refractivity contribution in [3.63, 3.8) is 0 Å². The number of aryl methyl sites for hydroxylation is 1. The second-order valence-corrected chi connectivity index (χ2v) is 4.37. The predicted molar refractivity (Wildman–Crippen MR) is 63.6 cm³/mol. The molecular formula is C12H19N3O2. The molecule has 1 aromatic heterocycles. The second-order valence-electron chi connectivity index (χ2n) is 4.37. The molecule has 1 aliphatic rings. The number of hydrogen-bond acceptors (Lipinski definition) is 4. The van der Waals surface area contributed by atoms with E-state index >= 15 is 0 Å². The molecule has 0 aromatic carbocycles. The average Bonchev–Trinajstić information content (AvgIpc) is 2.95. The first-order chi connectivity index (χ1) is 8.27. The zero-order valence-electron chi connectivity index (χ0n) is 10.3. The van der Waals surface area contributed by atoms with Gasteiger partial charge in [-0.15, -0.1) is 0 Å². The summed E-state index contributed by atoms with van der Waals surface area (Å²) in [5.41, 5.74) is 1.13. The quantitative estimate of drug-likeness (QED) is 0.786. The van der Waals surface area contributed by atoms with E-state index in [-0.39, 0.29) is 17.8 Å². The first-order valence-electron chi connectivity index (χ1n) is 6.08. The molecule has 2 rings (SSSR count). The van der Waals surface area contributed by atoms with Crippen molar-refractivity contribution in [2.75, 3.05) is 20.2 Å². The first kappa shape index (κ1) is 12.1. The lowest BCUT2D eigenvalue weighted by atomic mass is 9.93. The Morgan fingerprint density at radius 2 is 2.47 bits per heavy atom. The SMILES string of the molecule is CCCn1nccc1C1CNCC1C(=O)OC. The molecule has 0 amide bonds. The third-order valence-electron chi connectivity index (χ3n) is 3.28. The zero-order chi connectivity index (χ0) is 12.3. The van der Waals surface area contributed by atoms with Gasteiger partial charge in [-0.3, -0.25) is 9.48 Å². The smallest absolute Gasteiger partial charge is 0.310 e. The van der Waals surface area contributed by atoms with Crippen molar-refractivity contribution < 1.29 is 9.53 Å². The zero-order valence-corrected chi connectivity index (χ0v) is 10.3. The van der Waals surface area contributed by atoms with Crippen LogP contribution in [0.5, 0.6) is 0 Å². The van der Waals surface area contributed by atoms with Gasteiger partial charge < -0.3 is 10.1 Å². The van der Waals surface area contributed by atoms with Crippen molar-refractivity contribution in [2.45, 2.75) is 25.8 Å². The monoisotopic (exact) mass is 237 g/mol. The van der Waals surface area contributed by atoms with E-state index in [0.29, 0.717) is 6.54 Å². The van der Waals surface area contributed by atoms with Crippen molar-refractivity contribution in [3.8, 4) is 0 Å². The number of aromatic nitrogens is 2. The van der Waals surface area contributed by atoms with Gasteiger partial charge in [0.05, 0.1) is 13.0 Å². The summed E-state index contributed by atoms with van der Waals surface area (Å²) in [6.07, 6.45) is 2.84. The van der Waals surface area contributed by atoms with E-state index in [1.165, 1.54) is 7.11 Å². The molecule has 2 unspecified atom stereocenters. The third-order valence-corrected chi connectivity index (χ3v) is 3.28. The topological polar surface area (TPSA) is 56.2 Å². The predicted octanol–water partition coefficient (Wildman–Crippen LogP) is 0.769. The van der Waals surface area contributed by atoms with E-state index in [1.807, 2.05) is 10.7 Å². The lowest BCUT2D eigenvalue weighted by Gasteiger charge is -2.17. The van der Waals surface area contributed by atoms with E-state index < -0.39 is 0 Å². The van der Waals surface area contributed by atoms with Crippen molar-refractivity contribution in [2.24, 2.45) is 5.92 Å². The Labute approximate surface area is 101 Å². The van der Waals surface area contributed by atoms with Gasteiger partial charge in [0.1, 0.15) is 0 Å². The Bertz CT molecular complexity index is 389. The number of carbonyl (C=O) groups is 1. The molecule has 1 aliphatic heterocycles. The number of methoxy groups -OCH3 is 1.